The van der Waals surface area contributed by atoms with E-state index in [-0.39, 0.29) is 36.1 Å². The summed E-state index contributed by atoms with van der Waals surface area (Å²) in [7, 11) is 3.54. The molecule has 0 aromatic carbocycles. The smallest absolute Gasteiger partial charge is 0.308 e. The van der Waals surface area contributed by atoms with E-state index in [0.29, 0.717) is 19.3 Å². The van der Waals surface area contributed by atoms with E-state index in [1.165, 1.54) is 0 Å². The molecule has 0 radical (unpaired) electrons. The molecule has 2 aliphatic heterocycles. The summed E-state index contributed by atoms with van der Waals surface area (Å²) in [5.74, 6) is -1.60. The maximum atomic E-state index is 13.1. The van der Waals surface area contributed by atoms with Gasteiger partial charge >= 0.3 is 5.97 Å². The van der Waals surface area contributed by atoms with E-state index in [9.17, 15) is 24.9 Å². The molecule has 2 aliphatic rings. The van der Waals surface area contributed by atoms with Gasteiger partial charge in [0.25, 0.3) is 0 Å². The van der Waals surface area contributed by atoms with Gasteiger partial charge in [0, 0.05) is 17.8 Å². The van der Waals surface area contributed by atoms with Gasteiger partial charge in [0.05, 0.1) is 36.9 Å². The van der Waals surface area contributed by atoms with Crippen molar-refractivity contribution < 1.29 is 39.1 Å². The molecule has 12 atom stereocenters. The lowest BCUT2D eigenvalue weighted by Gasteiger charge is -2.46. The van der Waals surface area contributed by atoms with Gasteiger partial charge in [-0.1, -0.05) is 58.8 Å². The molecule has 0 bridgehead atoms. The van der Waals surface area contributed by atoms with Crippen LogP contribution >= 0.6 is 0 Å². The number of nitrogens with zero attached hydrogens (tertiary/aromatic N) is 1. The van der Waals surface area contributed by atoms with Crippen LogP contribution in [0.1, 0.15) is 74.1 Å². The highest BCUT2D eigenvalue weighted by molar-refractivity contribution is 5.91. The van der Waals surface area contributed by atoms with Gasteiger partial charge in [-0.2, -0.15) is 0 Å². The van der Waals surface area contributed by atoms with Crippen molar-refractivity contribution in [3.05, 3.63) is 23.8 Å². The first kappa shape index (κ1) is 34.6. The summed E-state index contributed by atoms with van der Waals surface area (Å²) in [5, 5.41) is 33.0. The molecule has 0 saturated carbocycles. The predicted octanol–water partition coefficient (Wildman–Crippen LogP) is 3.25. The van der Waals surface area contributed by atoms with Crippen molar-refractivity contribution in [1.82, 2.24) is 4.90 Å². The lowest BCUT2D eigenvalue weighted by molar-refractivity contribution is -0.304. The number of esters is 1. The van der Waals surface area contributed by atoms with Crippen LogP contribution < -0.4 is 0 Å². The van der Waals surface area contributed by atoms with E-state index in [1.54, 1.807) is 38.1 Å². The Labute approximate surface area is 240 Å². The van der Waals surface area contributed by atoms with E-state index in [1.807, 2.05) is 47.6 Å². The Hall–Kier alpha value is -1.62. The second-order valence-electron chi connectivity index (χ2n) is 12.1. The maximum Gasteiger partial charge on any atom is 0.308 e. The molecule has 2 heterocycles. The molecule has 9 nitrogen and oxygen atoms in total. The lowest BCUT2D eigenvalue weighted by Crippen LogP contribution is -2.63. The molecule has 0 amide bonds. The van der Waals surface area contributed by atoms with E-state index in [0.717, 1.165) is 5.57 Å². The topological polar surface area (TPSA) is 126 Å². The van der Waals surface area contributed by atoms with Crippen molar-refractivity contribution in [2.75, 3.05) is 14.1 Å². The van der Waals surface area contributed by atoms with Crippen LogP contribution in [-0.4, -0.2) is 95.0 Å². The van der Waals surface area contributed by atoms with Gasteiger partial charge in [-0.05, 0) is 52.8 Å². The van der Waals surface area contributed by atoms with Gasteiger partial charge in [0.15, 0.2) is 12.1 Å². The van der Waals surface area contributed by atoms with Gasteiger partial charge in [-0.15, -0.1) is 0 Å². The van der Waals surface area contributed by atoms with Crippen molar-refractivity contribution in [2.45, 2.75) is 123 Å². The zero-order valence-electron chi connectivity index (χ0n) is 25.8. The maximum absolute atomic E-state index is 13.1. The van der Waals surface area contributed by atoms with E-state index in [4.69, 9.17) is 14.2 Å². The monoisotopic (exact) mass is 567 g/mol. The minimum Gasteiger partial charge on any atom is -0.462 e. The first-order valence-electron chi connectivity index (χ1n) is 14.8. The third-order valence-electron chi connectivity index (χ3n) is 8.64. The van der Waals surface area contributed by atoms with E-state index < -0.39 is 54.7 Å². The molecular formula is C31H53NO8. The molecule has 230 valence electrons. The zero-order valence-corrected chi connectivity index (χ0v) is 25.8. The number of hydrogen-bond acceptors (Lipinski definition) is 9. The van der Waals surface area contributed by atoms with Crippen molar-refractivity contribution in [2.24, 2.45) is 23.7 Å². The van der Waals surface area contributed by atoms with Crippen LogP contribution in [0.5, 0.6) is 0 Å². The molecule has 1 fully saturated rings. The highest BCUT2D eigenvalue weighted by Gasteiger charge is 2.47. The highest BCUT2D eigenvalue weighted by atomic mass is 16.7. The van der Waals surface area contributed by atoms with Crippen molar-refractivity contribution in [3.63, 3.8) is 0 Å². The number of carbonyl (C=O) groups excluding carboxylic acids is 2. The fourth-order valence-electron chi connectivity index (χ4n) is 5.97. The Bertz CT molecular complexity index is 889. The molecule has 2 rings (SSSR count). The fourth-order valence-corrected chi connectivity index (χ4v) is 5.97. The number of ketones is 1. The Morgan fingerprint density at radius 2 is 1.65 bits per heavy atom. The van der Waals surface area contributed by atoms with Crippen LogP contribution in [0.15, 0.2) is 23.8 Å². The van der Waals surface area contributed by atoms with Crippen LogP contribution in [0.25, 0.3) is 0 Å². The van der Waals surface area contributed by atoms with Gasteiger partial charge in [0.1, 0.15) is 12.2 Å². The summed E-state index contributed by atoms with van der Waals surface area (Å²) >= 11 is 0. The first-order valence-corrected chi connectivity index (χ1v) is 14.8. The van der Waals surface area contributed by atoms with E-state index >= 15 is 0 Å². The van der Waals surface area contributed by atoms with Gasteiger partial charge in [-0.25, -0.2) is 0 Å². The number of aliphatic hydroxyl groups is 3. The number of ether oxygens (including phenoxy) is 3. The predicted molar refractivity (Wildman–Crippen MR) is 153 cm³/mol. The number of likely N-dealkylation sites (N-methyl/N-ethyl adjacent to an activating group) is 1. The van der Waals surface area contributed by atoms with Crippen LogP contribution in [-0.2, 0) is 23.8 Å². The molecule has 1 saturated heterocycles. The average molecular weight is 568 g/mol. The minimum absolute atomic E-state index is 0.00487. The largest absolute Gasteiger partial charge is 0.462 e. The summed E-state index contributed by atoms with van der Waals surface area (Å²) in [4.78, 5) is 27.7. The summed E-state index contributed by atoms with van der Waals surface area (Å²) in [5.41, 5.74) is 0.909. The number of aliphatic hydroxyl groups excluding tert-OH is 3. The number of cyclic esters (lactones) is 1. The number of rotatable bonds is 5. The second-order valence-corrected chi connectivity index (χ2v) is 12.1. The summed E-state index contributed by atoms with van der Waals surface area (Å²) in [6, 6.07) is -0.620. The number of hydrogen-bond donors (Lipinski definition) is 3. The molecule has 3 N–H and O–H groups in total. The third-order valence-corrected chi connectivity index (χ3v) is 8.64. The van der Waals surface area contributed by atoms with Crippen LogP contribution in [0.3, 0.4) is 0 Å². The van der Waals surface area contributed by atoms with Crippen molar-refractivity contribution in [1.29, 1.82) is 0 Å². The molecule has 0 spiro atoms. The molecular weight excluding hydrogens is 514 g/mol. The Morgan fingerprint density at radius 1 is 1.00 bits per heavy atom. The molecule has 0 aromatic rings. The standard InChI is InChI=1S/C31H53NO8/c1-10-22-15-18(4)23(33)13-12-17(3)14-19(5)25(11-2)39-26(35)16-24(34)20(6)30(22)40-31-29(37)27(32(8)9)28(36)21(7)38-31/h12-14,18-22,24-25,27-31,34,36-37H,10-11,15-16H2,1-9H3/b13-12+,17-14+/t18-,19+,20+,21-,22+,24-,25-,27+,28-,29-,30-,31+/m1/s1. The normalized spacial score (nSPS) is 43.2. The Morgan fingerprint density at radius 3 is 2.23 bits per heavy atom. The fraction of sp³-hybridized carbons (Fsp3) is 0.806. The molecule has 0 unspecified atom stereocenters. The lowest BCUT2D eigenvalue weighted by atomic mass is 9.80. The van der Waals surface area contributed by atoms with Crippen molar-refractivity contribution >= 4 is 11.8 Å². The average Bonchev–Trinajstić information content (AvgIpc) is 2.89. The molecule has 40 heavy (non-hydrogen) atoms. The van der Waals surface area contributed by atoms with Gasteiger partial charge in [0.2, 0.25) is 0 Å². The van der Waals surface area contributed by atoms with E-state index in [2.05, 4.69) is 0 Å². The minimum atomic E-state index is -1.16. The Kier molecular flexibility index (Phi) is 13.5. The number of allylic oxidation sites excluding steroid dienone is 3. The SMILES string of the molecule is CC[C@H]1C[C@@H](C)C(=O)/C=C/C(C)=C/[C@H](C)[C@@H](CC)OC(=O)C[C@@H](O)[C@H](C)[C@H]1O[C@@H]1O[C@H](C)[C@@H](O)[C@H](N(C)C)[C@H]1O. The van der Waals surface area contributed by atoms with Crippen LogP contribution in [0.2, 0.25) is 0 Å². The van der Waals surface area contributed by atoms with Crippen molar-refractivity contribution in [3.8, 4) is 0 Å². The van der Waals surface area contributed by atoms with Gasteiger partial charge in [-0.3, -0.25) is 9.59 Å². The molecule has 9 heteroatoms. The van der Waals surface area contributed by atoms with Gasteiger partial charge < -0.3 is 34.4 Å². The zero-order chi connectivity index (χ0) is 30.3. The second kappa shape index (κ2) is 15.6. The molecule has 0 aromatic heterocycles. The molecule has 0 aliphatic carbocycles. The summed E-state index contributed by atoms with van der Waals surface area (Å²) in [6.45, 7) is 13.2. The third kappa shape index (κ3) is 8.94. The summed E-state index contributed by atoms with van der Waals surface area (Å²) in [6.07, 6.45) is 1.09. The quantitative estimate of drug-likeness (QED) is 0.429. The highest BCUT2D eigenvalue weighted by Crippen LogP contribution is 2.34. The summed E-state index contributed by atoms with van der Waals surface area (Å²) < 4.78 is 18.2. The first-order chi connectivity index (χ1) is 18.7. The van der Waals surface area contributed by atoms with Crippen LogP contribution in [0.4, 0.5) is 0 Å². The number of carbonyl (C=O) groups is 2. The van der Waals surface area contributed by atoms with Crippen LogP contribution in [0, 0.1) is 23.7 Å². The Balaban J connectivity index is 2.45.